The van der Waals surface area contributed by atoms with Crippen molar-refractivity contribution in [3.63, 3.8) is 0 Å². The van der Waals surface area contributed by atoms with Gasteiger partial charge in [-0.25, -0.2) is 0 Å². The second-order valence-electron chi connectivity index (χ2n) is 4.37. The Bertz CT molecular complexity index is 537. The zero-order valence-corrected chi connectivity index (χ0v) is 12.4. The number of rotatable bonds is 7. The third kappa shape index (κ3) is 4.17. The molecule has 1 aromatic carbocycles. The molecule has 0 saturated carbocycles. The molecule has 1 aromatic heterocycles. The van der Waals surface area contributed by atoms with Crippen LogP contribution in [-0.2, 0) is 6.42 Å². The molecule has 2 rings (SSSR count). The van der Waals surface area contributed by atoms with Gasteiger partial charge >= 0.3 is 0 Å². The highest BCUT2D eigenvalue weighted by Crippen LogP contribution is 2.22. The number of hydrogen-bond acceptors (Lipinski definition) is 3. The van der Waals surface area contributed by atoms with Gasteiger partial charge in [-0.15, -0.1) is 11.8 Å². The zero-order chi connectivity index (χ0) is 14.2. The number of aryl methyl sites for hydroxylation is 1. The molecule has 0 radical (unpaired) electrons. The summed E-state index contributed by atoms with van der Waals surface area (Å²) >= 11 is 1.69. The normalized spacial score (nSPS) is 10.4. The van der Waals surface area contributed by atoms with Crippen molar-refractivity contribution in [2.45, 2.75) is 24.7 Å². The van der Waals surface area contributed by atoms with Crippen LogP contribution in [0.1, 0.15) is 29.5 Å². The van der Waals surface area contributed by atoms with Crippen LogP contribution >= 0.6 is 11.8 Å². The van der Waals surface area contributed by atoms with Gasteiger partial charge in [-0.2, -0.15) is 0 Å². The van der Waals surface area contributed by atoms with Gasteiger partial charge in [-0.3, -0.25) is 4.79 Å². The molecular weight excluding hydrogens is 270 g/mol. The molecule has 1 N–H and O–H groups in total. The summed E-state index contributed by atoms with van der Waals surface area (Å²) in [6, 6.07) is 11.6. The van der Waals surface area contributed by atoms with E-state index >= 15 is 0 Å². The maximum atomic E-state index is 12.2. The monoisotopic (exact) mass is 289 g/mol. The lowest BCUT2D eigenvalue weighted by atomic mass is 10.2. The second-order valence-corrected chi connectivity index (χ2v) is 5.67. The molecule has 3 nitrogen and oxygen atoms in total. The highest BCUT2D eigenvalue weighted by molar-refractivity contribution is 7.99. The lowest BCUT2D eigenvalue weighted by Crippen LogP contribution is -2.25. The van der Waals surface area contributed by atoms with Crippen LogP contribution in [0.25, 0.3) is 0 Å². The molecule has 0 aliphatic rings. The minimum Gasteiger partial charge on any atom is -0.469 e. The van der Waals surface area contributed by atoms with Crippen molar-refractivity contribution in [1.29, 1.82) is 0 Å². The quantitative estimate of drug-likeness (QED) is 0.623. The molecule has 106 valence electrons. The topological polar surface area (TPSA) is 42.2 Å². The summed E-state index contributed by atoms with van der Waals surface area (Å²) in [6.07, 6.45) is 3.40. The minimum atomic E-state index is 0.000921. The van der Waals surface area contributed by atoms with Gasteiger partial charge in [-0.1, -0.05) is 19.1 Å². The van der Waals surface area contributed by atoms with Crippen molar-refractivity contribution in [3.8, 4) is 0 Å². The number of amides is 1. The zero-order valence-electron chi connectivity index (χ0n) is 11.6. The van der Waals surface area contributed by atoms with Gasteiger partial charge in [0.05, 0.1) is 11.8 Å². The van der Waals surface area contributed by atoms with E-state index in [0.717, 1.165) is 34.8 Å². The molecule has 0 atom stereocenters. The van der Waals surface area contributed by atoms with E-state index in [-0.39, 0.29) is 5.91 Å². The summed E-state index contributed by atoms with van der Waals surface area (Å²) < 4.78 is 5.26. The minimum absolute atomic E-state index is 0.000921. The highest BCUT2D eigenvalue weighted by atomic mass is 32.2. The molecule has 0 aliphatic carbocycles. The molecule has 1 heterocycles. The number of carbonyl (C=O) groups is 1. The van der Waals surface area contributed by atoms with E-state index in [0.29, 0.717) is 6.54 Å². The van der Waals surface area contributed by atoms with Crippen molar-refractivity contribution >= 4 is 17.7 Å². The Morgan fingerprint density at radius 1 is 1.25 bits per heavy atom. The summed E-state index contributed by atoms with van der Waals surface area (Å²) in [4.78, 5) is 13.2. The largest absolute Gasteiger partial charge is 0.469 e. The van der Waals surface area contributed by atoms with Gasteiger partial charge < -0.3 is 9.73 Å². The van der Waals surface area contributed by atoms with E-state index in [9.17, 15) is 4.79 Å². The molecule has 0 spiro atoms. The van der Waals surface area contributed by atoms with E-state index in [1.54, 1.807) is 18.0 Å². The SMILES string of the molecule is CCSc1ccccc1C(=O)NCCCc1ccco1. The standard InChI is InChI=1S/C16H19NO2S/c1-2-20-15-10-4-3-9-14(15)16(18)17-11-5-7-13-8-6-12-19-13/h3-4,6,8-10,12H,2,5,7,11H2,1H3,(H,17,18). The van der Waals surface area contributed by atoms with Crippen molar-refractivity contribution in [3.05, 3.63) is 54.0 Å². The van der Waals surface area contributed by atoms with E-state index in [4.69, 9.17) is 4.42 Å². The van der Waals surface area contributed by atoms with Gasteiger partial charge in [-0.05, 0) is 36.4 Å². The third-order valence-corrected chi connectivity index (χ3v) is 3.85. The molecule has 0 aliphatic heterocycles. The average Bonchev–Trinajstić information content (AvgIpc) is 2.97. The van der Waals surface area contributed by atoms with Gasteiger partial charge in [0.1, 0.15) is 5.76 Å². The first kappa shape index (κ1) is 14.7. The first-order valence-electron chi connectivity index (χ1n) is 6.83. The number of furan rings is 1. The predicted octanol–water partition coefficient (Wildman–Crippen LogP) is 3.75. The van der Waals surface area contributed by atoms with Gasteiger partial charge in [0, 0.05) is 17.9 Å². The number of thioether (sulfide) groups is 1. The molecule has 2 aromatic rings. The van der Waals surface area contributed by atoms with Crippen LogP contribution in [0.4, 0.5) is 0 Å². The Morgan fingerprint density at radius 3 is 2.85 bits per heavy atom. The fourth-order valence-corrected chi connectivity index (χ4v) is 2.75. The lowest BCUT2D eigenvalue weighted by Gasteiger charge is -2.08. The van der Waals surface area contributed by atoms with Crippen LogP contribution < -0.4 is 5.32 Å². The summed E-state index contributed by atoms with van der Waals surface area (Å²) in [5.74, 6) is 1.92. The van der Waals surface area contributed by atoms with Gasteiger partial charge in [0.2, 0.25) is 0 Å². The number of nitrogens with one attached hydrogen (secondary N) is 1. The fraction of sp³-hybridized carbons (Fsp3) is 0.312. The number of carbonyl (C=O) groups excluding carboxylic acids is 1. The first-order valence-corrected chi connectivity index (χ1v) is 7.82. The van der Waals surface area contributed by atoms with Crippen LogP contribution in [-0.4, -0.2) is 18.2 Å². The Labute approximate surface area is 123 Å². The first-order chi connectivity index (χ1) is 9.81. The Hall–Kier alpha value is -1.68. The molecule has 0 saturated heterocycles. The lowest BCUT2D eigenvalue weighted by molar-refractivity contribution is 0.0950. The Morgan fingerprint density at radius 2 is 2.10 bits per heavy atom. The summed E-state index contributed by atoms with van der Waals surface area (Å²) in [5, 5.41) is 2.97. The van der Waals surface area contributed by atoms with Crippen LogP contribution in [0.15, 0.2) is 52.0 Å². The summed E-state index contributed by atoms with van der Waals surface area (Å²) in [7, 11) is 0. The molecule has 0 unspecified atom stereocenters. The van der Waals surface area contributed by atoms with E-state index in [2.05, 4.69) is 12.2 Å². The molecule has 4 heteroatoms. The molecule has 1 amide bonds. The molecule has 0 fully saturated rings. The molecular formula is C16H19NO2S. The van der Waals surface area contributed by atoms with Crippen LogP contribution in [0.3, 0.4) is 0 Å². The summed E-state index contributed by atoms with van der Waals surface area (Å²) in [5.41, 5.74) is 0.761. The smallest absolute Gasteiger partial charge is 0.252 e. The highest BCUT2D eigenvalue weighted by Gasteiger charge is 2.10. The summed E-state index contributed by atoms with van der Waals surface area (Å²) in [6.45, 7) is 2.74. The van der Waals surface area contributed by atoms with Crippen molar-refractivity contribution < 1.29 is 9.21 Å². The maximum absolute atomic E-state index is 12.2. The van der Waals surface area contributed by atoms with Crippen LogP contribution in [0, 0.1) is 0 Å². The van der Waals surface area contributed by atoms with E-state index in [1.165, 1.54) is 0 Å². The molecule has 20 heavy (non-hydrogen) atoms. The Balaban J connectivity index is 1.82. The van der Waals surface area contributed by atoms with Crippen LogP contribution in [0.2, 0.25) is 0 Å². The van der Waals surface area contributed by atoms with Crippen molar-refractivity contribution in [1.82, 2.24) is 5.32 Å². The third-order valence-electron chi connectivity index (χ3n) is 2.90. The number of benzene rings is 1. The number of hydrogen-bond donors (Lipinski definition) is 1. The second kappa shape index (κ2) is 7.80. The Kier molecular flexibility index (Phi) is 5.74. The van der Waals surface area contributed by atoms with Gasteiger partial charge in [0.25, 0.3) is 5.91 Å². The fourth-order valence-electron chi connectivity index (χ4n) is 1.95. The van der Waals surface area contributed by atoms with E-state index in [1.807, 2.05) is 36.4 Å². The average molecular weight is 289 g/mol. The predicted molar refractivity (Wildman–Crippen MR) is 82.2 cm³/mol. The maximum Gasteiger partial charge on any atom is 0.252 e. The van der Waals surface area contributed by atoms with Crippen LogP contribution in [0.5, 0.6) is 0 Å². The van der Waals surface area contributed by atoms with Crippen molar-refractivity contribution in [2.75, 3.05) is 12.3 Å². The molecule has 0 bridgehead atoms. The van der Waals surface area contributed by atoms with Crippen molar-refractivity contribution in [2.24, 2.45) is 0 Å². The van der Waals surface area contributed by atoms with E-state index < -0.39 is 0 Å². The van der Waals surface area contributed by atoms with Gasteiger partial charge in [0.15, 0.2) is 0 Å².